The second-order valence-electron chi connectivity index (χ2n) is 4.85. The van der Waals surface area contributed by atoms with Gasteiger partial charge in [0.15, 0.2) is 0 Å². The van der Waals surface area contributed by atoms with Crippen molar-refractivity contribution in [3.8, 4) is 6.07 Å². The minimum Gasteiger partial charge on any atom is -0.394 e. The Bertz CT molecular complexity index is 528. The van der Waals surface area contributed by atoms with Crippen molar-refractivity contribution in [2.24, 2.45) is 0 Å². The van der Waals surface area contributed by atoms with E-state index in [1.165, 1.54) is 6.07 Å². The number of nitriles is 1. The second-order valence-corrected chi connectivity index (χ2v) is 4.85. The minimum atomic E-state index is -0.730. The summed E-state index contributed by atoms with van der Waals surface area (Å²) in [6, 6.07) is 4.80. The highest BCUT2D eigenvalue weighted by Gasteiger charge is 2.24. The van der Waals surface area contributed by atoms with Crippen molar-refractivity contribution in [2.75, 3.05) is 11.9 Å². The van der Waals surface area contributed by atoms with Crippen molar-refractivity contribution in [3.05, 3.63) is 29.6 Å². The van der Waals surface area contributed by atoms with Gasteiger partial charge in [-0.05, 0) is 31.5 Å². The number of halogens is 1. The zero-order valence-corrected chi connectivity index (χ0v) is 11.5. The molecule has 0 heterocycles. The summed E-state index contributed by atoms with van der Waals surface area (Å²) in [7, 11) is 0. The lowest BCUT2D eigenvalue weighted by atomic mass is 9.98. The van der Waals surface area contributed by atoms with Crippen LogP contribution in [0, 0.1) is 17.1 Å². The average Bonchev–Trinajstić information content (AvgIpc) is 2.40. The number of anilines is 1. The lowest BCUT2D eigenvalue weighted by molar-refractivity contribution is 0.167. The Hall–Kier alpha value is -2.13. The molecule has 3 N–H and O–H groups in total. The van der Waals surface area contributed by atoms with Crippen LogP contribution in [0.1, 0.15) is 32.3 Å². The molecular formula is C14H18FN3O2. The first-order chi connectivity index (χ1) is 9.44. The molecule has 20 heavy (non-hydrogen) atoms. The molecule has 6 heteroatoms. The van der Waals surface area contributed by atoms with Crippen LogP contribution >= 0.6 is 0 Å². The highest BCUT2D eigenvalue weighted by atomic mass is 19.1. The SMILES string of the molecule is CCCC(C)(CO)NC(=O)Nc1ccc(F)cc1C#N. The van der Waals surface area contributed by atoms with Crippen molar-refractivity contribution in [2.45, 2.75) is 32.2 Å². The molecule has 0 bridgehead atoms. The fourth-order valence-corrected chi connectivity index (χ4v) is 1.88. The van der Waals surface area contributed by atoms with E-state index in [4.69, 9.17) is 5.26 Å². The summed E-state index contributed by atoms with van der Waals surface area (Å²) in [5, 5.41) is 23.4. The number of nitrogens with zero attached hydrogens (tertiary/aromatic N) is 1. The van der Waals surface area contributed by atoms with Gasteiger partial charge in [0, 0.05) is 0 Å². The molecule has 1 aromatic rings. The van der Waals surface area contributed by atoms with E-state index >= 15 is 0 Å². The van der Waals surface area contributed by atoms with Gasteiger partial charge in [-0.2, -0.15) is 5.26 Å². The van der Waals surface area contributed by atoms with Crippen LogP contribution in [-0.2, 0) is 0 Å². The van der Waals surface area contributed by atoms with Gasteiger partial charge in [-0.1, -0.05) is 13.3 Å². The fraction of sp³-hybridized carbons (Fsp3) is 0.429. The number of carbonyl (C=O) groups excluding carboxylic acids is 1. The van der Waals surface area contributed by atoms with Gasteiger partial charge in [0.1, 0.15) is 11.9 Å². The van der Waals surface area contributed by atoms with Gasteiger partial charge >= 0.3 is 6.03 Å². The normalized spacial score (nSPS) is 13.2. The molecule has 1 aromatic carbocycles. The summed E-state index contributed by atoms with van der Waals surface area (Å²) >= 11 is 0. The quantitative estimate of drug-likeness (QED) is 0.773. The number of carbonyl (C=O) groups is 1. The first kappa shape index (κ1) is 15.9. The summed E-state index contributed by atoms with van der Waals surface area (Å²) in [6.07, 6.45) is 1.42. The molecule has 108 valence electrons. The number of rotatable bonds is 5. The van der Waals surface area contributed by atoms with Crippen molar-refractivity contribution >= 4 is 11.7 Å². The lowest BCUT2D eigenvalue weighted by Gasteiger charge is -2.28. The van der Waals surface area contributed by atoms with E-state index < -0.39 is 17.4 Å². The molecule has 0 fully saturated rings. The summed E-state index contributed by atoms with van der Waals surface area (Å²) in [4.78, 5) is 11.9. The molecule has 0 aliphatic heterocycles. The molecule has 2 amide bonds. The number of hydrogen-bond donors (Lipinski definition) is 3. The number of urea groups is 1. The summed E-state index contributed by atoms with van der Waals surface area (Å²) in [5.41, 5.74) is -0.462. The highest BCUT2D eigenvalue weighted by molar-refractivity contribution is 5.91. The fourth-order valence-electron chi connectivity index (χ4n) is 1.88. The van der Waals surface area contributed by atoms with Gasteiger partial charge in [0.05, 0.1) is 23.4 Å². The number of aliphatic hydroxyl groups excluding tert-OH is 1. The Labute approximate surface area is 117 Å². The first-order valence-electron chi connectivity index (χ1n) is 6.34. The summed E-state index contributed by atoms with van der Waals surface area (Å²) < 4.78 is 13.0. The van der Waals surface area contributed by atoms with Crippen LogP contribution in [0.2, 0.25) is 0 Å². The van der Waals surface area contributed by atoms with E-state index in [0.29, 0.717) is 6.42 Å². The van der Waals surface area contributed by atoms with Crippen LogP contribution in [0.15, 0.2) is 18.2 Å². The number of nitrogens with one attached hydrogen (secondary N) is 2. The van der Waals surface area contributed by atoms with Crippen molar-refractivity contribution in [3.63, 3.8) is 0 Å². The number of hydrogen-bond acceptors (Lipinski definition) is 3. The molecule has 1 atom stereocenters. The van der Waals surface area contributed by atoms with Crippen LogP contribution < -0.4 is 10.6 Å². The van der Waals surface area contributed by atoms with Gasteiger partial charge in [-0.25, -0.2) is 9.18 Å². The molecule has 0 saturated heterocycles. The zero-order chi connectivity index (χ0) is 15.2. The van der Waals surface area contributed by atoms with Gasteiger partial charge in [-0.15, -0.1) is 0 Å². The van der Waals surface area contributed by atoms with Gasteiger partial charge < -0.3 is 15.7 Å². The zero-order valence-electron chi connectivity index (χ0n) is 11.5. The Morgan fingerprint density at radius 2 is 2.25 bits per heavy atom. The molecule has 1 rings (SSSR count). The Balaban J connectivity index is 2.79. The molecule has 0 aromatic heterocycles. The minimum absolute atomic E-state index is 0.0429. The molecule has 0 aliphatic rings. The topological polar surface area (TPSA) is 85.2 Å². The smallest absolute Gasteiger partial charge is 0.319 e. The molecule has 0 radical (unpaired) electrons. The third-order valence-corrected chi connectivity index (χ3v) is 2.92. The molecule has 0 saturated carbocycles. The largest absolute Gasteiger partial charge is 0.394 e. The van der Waals surface area contributed by atoms with Gasteiger partial charge in [0.2, 0.25) is 0 Å². The predicted molar refractivity (Wildman–Crippen MR) is 73.7 cm³/mol. The molecular weight excluding hydrogens is 261 g/mol. The summed E-state index contributed by atoms with van der Waals surface area (Å²) in [6.45, 7) is 3.48. The second kappa shape index (κ2) is 6.87. The van der Waals surface area contributed by atoms with E-state index in [0.717, 1.165) is 18.6 Å². The number of amides is 2. The van der Waals surface area contributed by atoms with Crippen LogP contribution in [0.5, 0.6) is 0 Å². The van der Waals surface area contributed by atoms with E-state index in [1.807, 2.05) is 13.0 Å². The monoisotopic (exact) mass is 279 g/mol. The number of benzene rings is 1. The first-order valence-corrected chi connectivity index (χ1v) is 6.34. The highest BCUT2D eigenvalue weighted by Crippen LogP contribution is 2.17. The van der Waals surface area contributed by atoms with Crippen LogP contribution in [0.3, 0.4) is 0 Å². The Morgan fingerprint density at radius 3 is 2.80 bits per heavy atom. The summed E-state index contributed by atoms with van der Waals surface area (Å²) in [5.74, 6) is -0.543. The van der Waals surface area contributed by atoms with Crippen LogP contribution in [0.4, 0.5) is 14.9 Å². The predicted octanol–water partition coefficient (Wildman–Crippen LogP) is 2.37. The molecule has 1 unspecified atom stereocenters. The average molecular weight is 279 g/mol. The Morgan fingerprint density at radius 1 is 1.55 bits per heavy atom. The number of aliphatic hydroxyl groups is 1. The standard InChI is InChI=1S/C14H18FN3O2/c1-3-6-14(2,9-19)18-13(20)17-12-5-4-11(15)7-10(12)8-16/h4-5,7,19H,3,6,9H2,1-2H3,(H2,17,18,20). The Kier molecular flexibility index (Phi) is 5.47. The molecule has 0 spiro atoms. The lowest BCUT2D eigenvalue weighted by Crippen LogP contribution is -2.50. The van der Waals surface area contributed by atoms with Gasteiger partial charge in [0.25, 0.3) is 0 Å². The van der Waals surface area contributed by atoms with Crippen molar-refractivity contribution in [1.29, 1.82) is 5.26 Å². The van der Waals surface area contributed by atoms with E-state index in [-0.39, 0.29) is 17.9 Å². The van der Waals surface area contributed by atoms with Crippen molar-refractivity contribution < 1.29 is 14.3 Å². The van der Waals surface area contributed by atoms with E-state index in [9.17, 15) is 14.3 Å². The third-order valence-electron chi connectivity index (χ3n) is 2.92. The maximum Gasteiger partial charge on any atom is 0.319 e. The van der Waals surface area contributed by atoms with Crippen molar-refractivity contribution in [1.82, 2.24) is 5.32 Å². The van der Waals surface area contributed by atoms with Crippen LogP contribution in [-0.4, -0.2) is 23.3 Å². The van der Waals surface area contributed by atoms with Gasteiger partial charge in [-0.3, -0.25) is 0 Å². The molecule has 0 aliphatic carbocycles. The van der Waals surface area contributed by atoms with E-state index in [1.54, 1.807) is 6.92 Å². The maximum atomic E-state index is 13.0. The molecule has 5 nitrogen and oxygen atoms in total. The van der Waals surface area contributed by atoms with E-state index in [2.05, 4.69) is 10.6 Å². The third kappa shape index (κ3) is 4.21. The maximum absolute atomic E-state index is 13.0. The van der Waals surface area contributed by atoms with Crippen LogP contribution in [0.25, 0.3) is 0 Å².